The highest BCUT2D eigenvalue weighted by Gasteiger charge is 2.32. The molecule has 0 radical (unpaired) electrons. The number of amides is 2. The lowest BCUT2D eigenvalue weighted by atomic mass is 9.97. The van der Waals surface area contributed by atoms with E-state index in [0.29, 0.717) is 28.9 Å². The standard InChI is InChI=1S/C22H21N3O3/c1-22(2)12-24-21(28)18-9-14-7-8-15(10-17(14)25(18)22)19(26)11-13-5-3-4-6-16(13)20(23)27/h3-10H,11-12H2,1-2H3,(H2,23,27)(H,24,28). The largest absolute Gasteiger partial charge is 0.366 e. The Labute approximate surface area is 162 Å². The van der Waals surface area contributed by atoms with E-state index < -0.39 is 5.91 Å². The summed E-state index contributed by atoms with van der Waals surface area (Å²) in [6.07, 6.45) is 0.0854. The Balaban J connectivity index is 1.76. The molecular formula is C22H21N3O3. The molecular weight excluding hydrogens is 354 g/mol. The number of hydrogen-bond acceptors (Lipinski definition) is 3. The molecule has 4 rings (SSSR count). The number of nitrogens with one attached hydrogen (secondary N) is 1. The van der Waals surface area contributed by atoms with Crippen molar-refractivity contribution in [1.82, 2.24) is 9.88 Å². The fraction of sp³-hybridized carbons (Fsp3) is 0.227. The molecule has 0 unspecified atom stereocenters. The molecule has 0 saturated heterocycles. The number of Topliss-reactive ketones (excluding diaryl/α,β-unsaturated/α-hetero) is 1. The van der Waals surface area contributed by atoms with E-state index in [2.05, 4.69) is 5.32 Å². The van der Waals surface area contributed by atoms with Gasteiger partial charge in [0.05, 0.1) is 5.54 Å². The highest BCUT2D eigenvalue weighted by molar-refractivity contribution is 6.05. The summed E-state index contributed by atoms with van der Waals surface area (Å²) in [6.45, 7) is 4.62. The van der Waals surface area contributed by atoms with Gasteiger partial charge in [0.25, 0.3) is 5.91 Å². The molecule has 0 fully saturated rings. The Morgan fingerprint density at radius 2 is 1.89 bits per heavy atom. The zero-order chi connectivity index (χ0) is 20.1. The van der Waals surface area contributed by atoms with Crippen LogP contribution in [0.3, 0.4) is 0 Å². The molecule has 0 spiro atoms. The van der Waals surface area contributed by atoms with Crippen LogP contribution in [0.25, 0.3) is 10.9 Å². The summed E-state index contributed by atoms with van der Waals surface area (Å²) in [5.74, 6) is -0.768. The minimum atomic E-state index is -0.549. The lowest BCUT2D eigenvalue weighted by molar-refractivity contribution is 0.0890. The lowest BCUT2D eigenvalue weighted by Gasteiger charge is -2.34. The Morgan fingerprint density at radius 1 is 1.14 bits per heavy atom. The van der Waals surface area contributed by atoms with Crippen molar-refractivity contribution in [1.29, 1.82) is 0 Å². The van der Waals surface area contributed by atoms with Crippen molar-refractivity contribution in [2.45, 2.75) is 25.8 Å². The van der Waals surface area contributed by atoms with Gasteiger partial charge in [-0.3, -0.25) is 14.4 Å². The smallest absolute Gasteiger partial charge is 0.268 e. The van der Waals surface area contributed by atoms with Crippen LogP contribution in [0.5, 0.6) is 0 Å². The molecule has 1 aromatic heterocycles. The predicted molar refractivity (Wildman–Crippen MR) is 107 cm³/mol. The summed E-state index contributed by atoms with van der Waals surface area (Å²) < 4.78 is 2.00. The molecule has 0 saturated carbocycles. The van der Waals surface area contributed by atoms with Crippen molar-refractivity contribution in [2.75, 3.05) is 6.54 Å². The quantitative estimate of drug-likeness (QED) is 0.687. The van der Waals surface area contributed by atoms with E-state index in [9.17, 15) is 14.4 Å². The number of carbonyl (C=O) groups is 3. The van der Waals surface area contributed by atoms with Crippen LogP contribution in [0.2, 0.25) is 0 Å². The highest BCUT2D eigenvalue weighted by Crippen LogP contribution is 2.31. The monoisotopic (exact) mass is 375 g/mol. The third-order valence-corrected chi connectivity index (χ3v) is 5.28. The van der Waals surface area contributed by atoms with Crippen molar-refractivity contribution >= 4 is 28.5 Å². The van der Waals surface area contributed by atoms with Gasteiger partial charge >= 0.3 is 0 Å². The van der Waals surface area contributed by atoms with Gasteiger partial charge in [0.2, 0.25) is 5.91 Å². The second-order valence-corrected chi connectivity index (χ2v) is 7.76. The molecule has 6 heteroatoms. The molecule has 2 heterocycles. The number of aromatic nitrogens is 1. The summed E-state index contributed by atoms with van der Waals surface area (Å²) in [7, 11) is 0. The topological polar surface area (TPSA) is 94.2 Å². The number of rotatable bonds is 4. The molecule has 2 aromatic carbocycles. The van der Waals surface area contributed by atoms with Crippen molar-refractivity contribution in [3.05, 3.63) is 70.9 Å². The normalized spacial score (nSPS) is 15.1. The first kappa shape index (κ1) is 18.0. The van der Waals surface area contributed by atoms with Crippen molar-refractivity contribution in [2.24, 2.45) is 5.73 Å². The molecule has 1 aliphatic heterocycles. The third-order valence-electron chi connectivity index (χ3n) is 5.28. The number of nitrogens with two attached hydrogens (primary N) is 1. The molecule has 6 nitrogen and oxygen atoms in total. The van der Waals surface area contributed by atoms with E-state index in [1.165, 1.54) is 0 Å². The zero-order valence-electron chi connectivity index (χ0n) is 15.8. The van der Waals surface area contributed by atoms with Crippen LogP contribution in [-0.2, 0) is 12.0 Å². The van der Waals surface area contributed by atoms with Crippen molar-refractivity contribution < 1.29 is 14.4 Å². The Morgan fingerprint density at radius 3 is 2.64 bits per heavy atom. The maximum Gasteiger partial charge on any atom is 0.268 e. The molecule has 3 N–H and O–H groups in total. The number of hydrogen-bond donors (Lipinski definition) is 2. The number of fused-ring (bicyclic) bond motifs is 3. The SMILES string of the molecule is CC1(C)CNC(=O)c2cc3ccc(C(=O)Cc4ccccc4C(N)=O)cc3n21. The molecule has 0 atom stereocenters. The predicted octanol–water partition coefficient (Wildman–Crippen LogP) is 2.64. The average Bonchev–Trinajstić information content (AvgIpc) is 3.06. The van der Waals surface area contributed by atoms with E-state index in [1.54, 1.807) is 30.3 Å². The van der Waals surface area contributed by atoms with E-state index in [1.807, 2.05) is 36.6 Å². The second-order valence-electron chi connectivity index (χ2n) is 7.76. The number of benzene rings is 2. The van der Waals surface area contributed by atoms with Crippen molar-refractivity contribution in [3.8, 4) is 0 Å². The van der Waals surface area contributed by atoms with E-state index >= 15 is 0 Å². The molecule has 1 aliphatic rings. The van der Waals surface area contributed by atoms with Crippen LogP contribution in [0.4, 0.5) is 0 Å². The maximum atomic E-state index is 12.9. The Hall–Kier alpha value is -3.41. The summed E-state index contributed by atoms with van der Waals surface area (Å²) in [5.41, 5.74) is 8.06. The number of ketones is 1. The maximum absolute atomic E-state index is 12.9. The Bertz CT molecular complexity index is 1140. The van der Waals surface area contributed by atoms with Crippen LogP contribution in [0.15, 0.2) is 48.5 Å². The summed E-state index contributed by atoms with van der Waals surface area (Å²) in [5, 5.41) is 3.82. The second kappa shape index (κ2) is 6.34. The van der Waals surface area contributed by atoms with Gasteiger partial charge in [0.15, 0.2) is 5.78 Å². The summed E-state index contributed by atoms with van der Waals surface area (Å²) >= 11 is 0. The zero-order valence-corrected chi connectivity index (χ0v) is 15.8. The molecule has 2 amide bonds. The third kappa shape index (κ3) is 2.87. The van der Waals surface area contributed by atoms with E-state index in [-0.39, 0.29) is 23.7 Å². The van der Waals surface area contributed by atoms with Crippen LogP contribution in [0.1, 0.15) is 50.6 Å². The van der Waals surface area contributed by atoms with Crippen LogP contribution in [-0.4, -0.2) is 28.7 Å². The lowest BCUT2D eigenvalue weighted by Crippen LogP contribution is -2.47. The van der Waals surface area contributed by atoms with E-state index in [4.69, 9.17) is 5.73 Å². The van der Waals surface area contributed by atoms with Gasteiger partial charge < -0.3 is 15.6 Å². The molecule has 3 aromatic rings. The van der Waals surface area contributed by atoms with Gasteiger partial charge in [-0.15, -0.1) is 0 Å². The molecule has 142 valence electrons. The summed E-state index contributed by atoms with van der Waals surface area (Å²) in [6, 6.07) is 14.2. The van der Waals surface area contributed by atoms with Crippen molar-refractivity contribution in [3.63, 3.8) is 0 Å². The minimum absolute atomic E-state index is 0.0854. The number of carbonyl (C=O) groups excluding carboxylic acids is 3. The fourth-order valence-electron chi connectivity index (χ4n) is 3.85. The van der Waals surface area contributed by atoms with Gasteiger partial charge in [-0.05, 0) is 37.6 Å². The fourth-order valence-corrected chi connectivity index (χ4v) is 3.85. The first-order chi connectivity index (χ1) is 13.3. The summed E-state index contributed by atoms with van der Waals surface area (Å²) in [4.78, 5) is 36.8. The van der Waals surface area contributed by atoms with Gasteiger partial charge in [0.1, 0.15) is 5.69 Å². The van der Waals surface area contributed by atoms with Crippen LogP contribution >= 0.6 is 0 Å². The first-order valence-corrected chi connectivity index (χ1v) is 9.13. The molecule has 0 aliphatic carbocycles. The van der Waals surface area contributed by atoms with Gasteiger partial charge in [-0.25, -0.2) is 0 Å². The van der Waals surface area contributed by atoms with Crippen LogP contribution in [0, 0.1) is 0 Å². The van der Waals surface area contributed by atoms with Gasteiger partial charge in [-0.1, -0.05) is 30.3 Å². The van der Waals surface area contributed by atoms with Gasteiger partial charge in [0, 0.05) is 35.0 Å². The first-order valence-electron chi connectivity index (χ1n) is 9.13. The average molecular weight is 375 g/mol. The van der Waals surface area contributed by atoms with Crippen LogP contribution < -0.4 is 11.1 Å². The molecule has 28 heavy (non-hydrogen) atoms. The number of nitrogens with zero attached hydrogens (tertiary/aromatic N) is 1. The number of primary amides is 1. The Kier molecular flexibility index (Phi) is 4.07. The molecule has 0 bridgehead atoms. The minimum Gasteiger partial charge on any atom is -0.366 e. The van der Waals surface area contributed by atoms with E-state index in [0.717, 1.165) is 10.9 Å². The van der Waals surface area contributed by atoms with Gasteiger partial charge in [-0.2, -0.15) is 0 Å². The highest BCUT2D eigenvalue weighted by atomic mass is 16.2.